The van der Waals surface area contributed by atoms with Gasteiger partial charge in [0.05, 0.1) is 8.07 Å². The predicted molar refractivity (Wildman–Crippen MR) is 89.8 cm³/mol. The summed E-state index contributed by atoms with van der Waals surface area (Å²) in [6, 6.07) is 13.7. The summed E-state index contributed by atoms with van der Waals surface area (Å²) < 4.78 is 0. The minimum absolute atomic E-state index is 0.982. The largest absolute Gasteiger partial charge is 0.0876 e. The van der Waals surface area contributed by atoms with Crippen molar-refractivity contribution in [2.45, 2.75) is 63.5 Å². The molecule has 0 aliphatic carbocycles. The number of hydrogen-bond acceptors (Lipinski definition) is 0. The lowest BCUT2D eigenvalue weighted by molar-refractivity contribution is 0.937. The number of alkyl halides is 1. The van der Waals surface area contributed by atoms with Gasteiger partial charge in [0.2, 0.25) is 0 Å². The van der Waals surface area contributed by atoms with Crippen LogP contribution in [-0.2, 0) is 5.33 Å². The lowest BCUT2D eigenvalue weighted by Gasteiger charge is -2.32. The Balaban J connectivity index is 3.12. The van der Waals surface area contributed by atoms with Crippen molar-refractivity contribution >= 4 is 29.2 Å². The van der Waals surface area contributed by atoms with Gasteiger partial charge in [0.1, 0.15) is 0 Å². The van der Waals surface area contributed by atoms with E-state index in [0.717, 1.165) is 5.33 Å². The molecule has 18 heavy (non-hydrogen) atoms. The molecule has 0 radical (unpaired) electrons. The maximum absolute atomic E-state index is 3.59. The molecule has 0 bridgehead atoms. The molecule has 0 nitrogen and oxygen atoms in total. The van der Waals surface area contributed by atoms with Gasteiger partial charge in [0.25, 0.3) is 0 Å². The summed E-state index contributed by atoms with van der Waals surface area (Å²) in [4.78, 5) is 0. The Bertz CT molecular complexity index is 332. The van der Waals surface area contributed by atoms with Crippen molar-refractivity contribution in [2.75, 3.05) is 0 Å². The summed E-state index contributed by atoms with van der Waals surface area (Å²) in [6.45, 7) is 7.05. The van der Waals surface area contributed by atoms with Gasteiger partial charge < -0.3 is 0 Å². The molecular weight excluding hydrogens is 300 g/mol. The lowest BCUT2D eigenvalue weighted by atomic mass is 10.2. The van der Waals surface area contributed by atoms with Gasteiger partial charge in [-0.05, 0) is 5.56 Å². The number of rotatable bonds is 8. The van der Waals surface area contributed by atoms with E-state index in [1.54, 1.807) is 5.19 Å². The third kappa shape index (κ3) is 3.96. The Morgan fingerprint density at radius 3 is 1.94 bits per heavy atom. The van der Waals surface area contributed by atoms with E-state index in [2.05, 4.69) is 61.0 Å². The molecule has 1 aromatic carbocycles. The summed E-state index contributed by atoms with van der Waals surface area (Å²) >= 11 is 3.59. The fourth-order valence-electron chi connectivity index (χ4n) is 3.23. The predicted octanol–water partition coefficient (Wildman–Crippen LogP) is 5.47. The first-order valence-corrected chi connectivity index (χ1v) is 11.1. The van der Waals surface area contributed by atoms with Crippen LogP contribution < -0.4 is 5.19 Å². The molecule has 0 atom stereocenters. The first-order chi connectivity index (χ1) is 8.72. The molecule has 1 rings (SSSR count). The van der Waals surface area contributed by atoms with E-state index in [9.17, 15) is 0 Å². The van der Waals surface area contributed by atoms with Crippen LogP contribution in [0.3, 0.4) is 0 Å². The molecule has 0 saturated carbocycles. The summed E-state index contributed by atoms with van der Waals surface area (Å²) in [5.74, 6) is 0. The van der Waals surface area contributed by atoms with Crippen LogP contribution in [0.1, 0.15) is 45.6 Å². The molecule has 0 spiro atoms. The standard InChI is InChI=1S/C16H27BrSi/c1-4-10-18(11-5-2,12-6-3)16-9-7-8-15(13-16)14-17/h7-9,13H,4-6,10-12,14H2,1-3H3. The molecule has 0 saturated heterocycles. The summed E-state index contributed by atoms with van der Waals surface area (Å²) in [7, 11) is -1.24. The molecule has 0 amide bonds. The van der Waals surface area contributed by atoms with Crippen molar-refractivity contribution in [3.63, 3.8) is 0 Å². The fraction of sp³-hybridized carbons (Fsp3) is 0.625. The maximum atomic E-state index is 3.59. The van der Waals surface area contributed by atoms with Crippen LogP contribution in [0.5, 0.6) is 0 Å². The van der Waals surface area contributed by atoms with E-state index >= 15 is 0 Å². The minimum Gasteiger partial charge on any atom is -0.0876 e. The highest BCUT2D eigenvalue weighted by molar-refractivity contribution is 9.08. The van der Waals surface area contributed by atoms with Crippen LogP contribution >= 0.6 is 15.9 Å². The fourth-order valence-corrected chi connectivity index (χ4v) is 9.01. The zero-order valence-corrected chi connectivity index (χ0v) is 14.7. The van der Waals surface area contributed by atoms with E-state index in [-0.39, 0.29) is 0 Å². The quantitative estimate of drug-likeness (QED) is 0.439. The van der Waals surface area contributed by atoms with Crippen LogP contribution in [0.2, 0.25) is 18.1 Å². The van der Waals surface area contributed by atoms with E-state index in [0.29, 0.717) is 0 Å². The number of halogens is 1. The van der Waals surface area contributed by atoms with Crippen molar-refractivity contribution in [3.8, 4) is 0 Å². The highest BCUT2D eigenvalue weighted by Gasteiger charge is 2.32. The third-order valence-electron chi connectivity index (χ3n) is 3.88. The van der Waals surface area contributed by atoms with Gasteiger partial charge >= 0.3 is 0 Å². The Labute approximate surface area is 122 Å². The average Bonchev–Trinajstić information content (AvgIpc) is 2.39. The summed E-state index contributed by atoms with van der Waals surface area (Å²) in [6.07, 6.45) is 4.01. The highest BCUT2D eigenvalue weighted by atomic mass is 79.9. The first kappa shape index (κ1) is 16.0. The lowest BCUT2D eigenvalue weighted by Crippen LogP contribution is -2.47. The Morgan fingerprint density at radius 1 is 0.944 bits per heavy atom. The molecule has 2 heteroatoms. The van der Waals surface area contributed by atoms with Crippen molar-refractivity contribution in [3.05, 3.63) is 29.8 Å². The molecule has 0 heterocycles. The van der Waals surface area contributed by atoms with E-state index in [1.807, 2.05) is 0 Å². The zero-order chi connectivity index (χ0) is 13.4. The smallest absolute Gasteiger partial charge is 0.0867 e. The van der Waals surface area contributed by atoms with Crippen molar-refractivity contribution in [1.82, 2.24) is 0 Å². The molecule has 0 aromatic heterocycles. The third-order valence-corrected chi connectivity index (χ3v) is 10.4. The van der Waals surface area contributed by atoms with E-state index in [1.165, 1.54) is 43.0 Å². The van der Waals surface area contributed by atoms with E-state index < -0.39 is 8.07 Å². The van der Waals surface area contributed by atoms with Gasteiger partial charge in [0.15, 0.2) is 0 Å². The van der Waals surface area contributed by atoms with Crippen LogP contribution in [0, 0.1) is 0 Å². The van der Waals surface area contributed by atoms with Gasteiger partial charge in [-0.1, -0.05) is 104 Å². The van der Waals surface area contributed by atoms with Crippen LogP contribution in [-0.4, -0.2) is 8.07 Å². The molecule has 0 aliphatic rings. The van der Waals surface area contributed by atoms with Crippen LogP contribution in [0.4, 0.5) is 0 Å². The van der Waals surface area contributed by atoms with Gasteiger partial charge in [-0.25, -0.2) is 0 Å². The van der Waals surface area contributed by atoms with Gasteiger partial charge in [0, 0.05) is 5.33 Å². The maximum Gasteiger partial charge on any atom is 0.0867 e. The molecule has 0 aliphatic heterocycles. The molecule has 0 fully saturated rings. The van der Waals surface area contributed by atoms with Gasteiger partial charge in [-0.3, -0.25) is 0 Å². The number of benzene rings is 1. The first-order valence-electron chi connectivity index (χ1n) is 7.37. The minimum atomic E-state index is -1.24. The number of hydrogen-bond donors (Lipinski definition) is 0. The zero-order valence-electron chi connectivity index (χ0n) is 12.1. The van der Waals surface area contributed by atoms with Crippen LogP contribution in [0.15, 0.2) is 24.3 Å². The van der Waals surface area contributed by atoms with Crippen molar-refractivity contribution < 1.29 is 0 Å². The second-order valence-electron chi connectivity index (χ2n) is 5.36. The van der Waals surface area contributed by atoms with Crippen molar-refractivity contribution in [2.24, 2.45) is 0 Å². The Kier molecular flexibility index (Phi) is 7.24. The Hall–Kier alpha value is -0.0831. The second-order valence-corrected chi connectivity index (χ2v) is 10.6. The molecule has 1 aromatic rings. The monoisotopic (exact) mass is 326 g/mol. The topological polar surface area (TPSA) is 0 Å². The summed E-state index contributed by atoms with van der Waals surface area (Å²) in [5.41, 5.74) is 1.44. The molecular formula is C16H27BrSi. The average molecular weight is 327 g/mol. The normalized spacial score (nSPS) is 11.8. The Morgan fingerprint density at radius 2 is 1.50 bits per heavy atom. The van der Waals surface area contributed by atoms with Gasteiger partial charge in [-0.2, -0.15) is 0 Å². The van der Waals surface area contributed by atoms with E-state index in [4.69, 9.17) is 0 Å². The van der Waals surface area contributed by atoms with Crippen LogP contribution in [0.25, 0.3) is 0 Å². The highest BCUT2D eigenvalue weighted by Crippen LogP contribution is 2.26. The molecule has 0 N–H and O–H groups in total. The molecule has 0 unspecified atom stereocenters. The SMILES string of the molecule is CCC[Si](CCC)(CCC)c1cccc(CBr)c1. The second kappa shape index (κ2) is 8.16. The molecule has 102 valence electrons. The summed E-state index contributed by atoms with van der Waals surface area (Å²) in [5, 5.41) is 2.68. The van der Waals surface area contributed by atoms with Crippen molar-refractivity contribution in [1.29, 1.82) is 0 Å². The van der Waals surface area contributed by atoms with Gasteiger partial charge in [-0.15, -0.1) is 0 Å².